The van der Waals surface area contributed by atoms with E-state index in [0.717, 1.165) is 51.7 Å². The van der Waals surface area contributed by atoms with Crippen LogP contribution in [0.3, 0.4) is 0 Å². The van der Waals surface area contributed by atoms with Crippen molar-refractivity contribution in [1.29, 1.82) is 0 Å². The minimum Gasteiger partial charge on any atom is -0.393 e. The SMILES string of the molecule is CC(O)CCN(C)CC1(CNC2CC2)CCOC1. The molecule has 2 aliphatic rings. The number of nitrogens with zero attached hydrogens (tertiary/aromatic N) is 1. The second kappa shape index (κ2) is 6.33. The molecule has 1 aliphatic carbocycles. The minimum absolute atomic E-state index is 0.201. The standard InChI is InChI=1S/C14H28N2O2/c1-12(17)5-7-16(2)10-14(6-8-18-11-14)9-15-13-3-4-13/h12-13,15,17H,3-11H2,1-2H3. The molecule has 2 fully saturated rings. The Labute approximate surface area is 111 Å². The largest absolute Gasteiger partial charge is 0.393 e. The van der Waals surface area contributed by atoms with Crippen LogP contribution in [-0.4, -0.2) is 62.0 Å². The minimum atomic E-state index is -0.201. The number of rotatable bonds is 8. The molecule has 106 valence electrons. The lowest BCUT2D eigenvalue weighted by Crippen LogP contribution is -2.44. The lowest BCUT2D eigenvalue weighted by atomic mass is 9.86. The van der Waals surface area contributed by atoms with Crippen LogP contribution in [-0.2, 0) is 4.74 Å². The van der Waals surface area contributed by atoms with Crippen molar-refractivity contribution < 1.29 is 9.84 Å². The third-order valence-corrected chi connectivity index (χ3v) is 4.06. The fourth-order valence-corrected chi connectivity index (χ4v) is 2.68. The molecule has 2 atom stereocenters. The van der Waals surface area contributed by atoms with E-state index in [0.29, 0.717) is 0 Å². The Bertz CT molecular complexity index is 248. The quantitative estimate of drug-likeness (QED) is 0.676. The van der Waals surface area contributed by atoms with E-state index in [2.05, 4.69) is 17.3 Å². The van der Waals surface area contributed by atoms with Crippen molar-refractivity contribution in [2.45, 2.75) is 44.8 Å². The summed E-state index contributed by atoms with van der Waals surface area (Å²) < 4.78 is 5.62. The molecule has 0 bridgehead atoms. The van der Waals surface area contributed by atoms with Crippen LogP contribution in [0.1, 0.15) is 32.6 Å². The summed E-state index contributed by atoms with van der Waals surface area (Å²) in [4.78, 5) is 2.34. The molecule has 1 heterocycles. The summed E-state index contributed by atoms with van der Waals surface area (Å²) in [6.07, 6.45) is 4.49. The van der Waals surface area contributed by atoms with Gasteiger partial charge in [0.2, 0.25) is 0 Å². The summed E-state index contributed by atoms with van der Waals surface area (Å²) >= 11 is 0. The highest BCUT2D eigenvalue weighted by Gasteiger charge is 2.37. The van der Waals surface area contributed by atoms with E-state index in [1.54, 1.807) is 0 Å². The lowest BCUT2D eigenvalue weighted by Gasteiger charge is -2.33. The van der Waals surface area contributed by atoms with Gasteiger partial charge in [0.05, 0.1) is 12.7 Å². The van der Waals surface area contributed by atoms with Crippen LogP contribution in [0.5, 0.6) is 0 Å². The highest BCUT2D eigenvalue weighted by molar-refractivity contribution is 4.91. The van der Waals surface area contributed by atoms with E-state index in [1.807, 2.05) is 6.92 Å². The molecule has 0 amide bonds. The summed E-state index contributed by atoms with van der Waals surface area (Å²) in [5, 5.41) is 13.0. The molecule has 0 spiro atoms. The number of hydrogen-bond acceptors (Lipinski definition) is 4. The number of aliphatic hydroxyl groups is 1. The Morgan fingerprint density at radius 1 is 1.50 bits per heavy atom. The molecule has 0 aromatic heterocycles. The molecular formula is C14H28N2O2. The van der Waals surface area contributed by atoms with Gasteiger partial charge in [-0.1, -0.05) is 0 Å². The zero-order valence-electron chi connectivity index (χ0n) is 11.8. The van der Waals surface area contributed by atoms with Crippen molar-refractivity contribution in [2.24, 2.45) is 5.41 Å². The molecule has 1 saturated heterocycles. The summed E-state index contributed by atoms with van der Waals surface area (Å²) in [5.74, 6) is 0. The van der Waals surface area contributed by atoms with Crippen LogP contribution in [0, 0.1) is 5.41 Å². The normalized spacial score (nSPS) is 30.0. The smallest absolute Gasteiger partial charge is 0.0547 e. The van der Waals surface area contributed by atoms with Gasteiger partial charge in [0, 0.05) is 37.7 Å². The predicted octanol–water partition coefficient (Wildman–Crippen LogP) is 0.848. The molecule has 2 rings (SSSR count). The third kappa shape index (κ3) is 4.50. The van der Waals surface area contributed by atoms with Crippen molar-refractivity contribution in [2.75, 3.05) is 39.9 Å². The van der Waals surface area contributed by atoms with Gasteiger partial charge in [-0.05, 0) is 39.7 Å². The monoisotopic (exact) mass is 256 g/mol. The van der Waals surface area contributed by atoms with E-state index in [4.69, 9.17) is 4.74 Å². The van der Waals surface area contributed by atoms with E-state index in [1.165, 1.54) is 12.8 Å². The number of nitrogens with one attached hydrogen (secondary N) is 1. The Balaban J connectivity index is 1.76. The average molecular weight is 256 g/mol. The van der Waals surface area contributed by atoms with Crippen molar-refractivity contribution >= 4 is 0 Å². The molecule has 0 aromatic rings. The van der Waals surface area contributed by atoms with Gasteiger partial charge in [0.1, 0.15) is 0 Å². The highest BCUT2D eigenvalue weighted by Crippen LogP contribution is 2.30. The summed E-state index contributed by atoms with van der Waals surface area (Å²) in [6, 6.07) is 0.769. The van der Waals surface area contributed by atoms with Crippen LogP contribution in [0.2, 0.25) is 0 Å². The van der Waals surface area contributed by atoms with E-state index >= 15 is 0 Å². The van der Waals surface area contributed by atoms with Crippen molar-refractivity contribution in [3.8, 4) is 0 Å². The molecule has 0 radical (unpaired) electrons. The fourth-order valence-electron chi connectivity index (χ4n) is 2.68. The molecule has 4 nitrogen and oxygen atoms in total. The van der Waals surface area contributed by atoms with Gasteiger partial charge in [-0.2, -0.15) is 0 Å². The zero-order chi connectivity index (χ0) is 13.0. The predicted molar refractivity (Wildman–Crippen MR) is 72.7 cm³/mol. The average Bonchev–Trinajstić information content (AvgIpc) is 3.05. The lowest BCUT2D eigenvalue weighted by molar-refractivity contribution is 0.107. The van der Waals surface area contributed by atoms with E-state index in [-0.39, 0.29) is 11.5 Å². The molecule has 4 heteroatoms. The van der Waals surface area contributed by atoms with Gasteiger partial charge in [-0.3, -0.25) is 0 Å². The first-order chi connectivity index (χ1) is 8.60. The second-order valence-corrected chi connectivity index (χ2v) is 6.33. The maximum absolute atomic E-state index is 9.35. The van der Waals surface area contributed by atoms with Crippen molar-refractivity contribution in [1.82, 2.24) is 10.2 Å². The van der Waals surface area contributed by atoms with Crippen LogP contribution in [0.25, 0.3) is 0 Å². The second-order valence-electron chi connectivity index (χ2n) is 6.33. The molecule has 2 N–H and O–H groups in total. The third-order valence-electron chi connectivity index (χ3n) is 4.06. The van der Waals surface area contributed by atoms with Crippen LogP contribution in [0.15, 0.2) is 0 Å². The fraction of sp³-hybridized carbons (Fsp3) is 1.00. The molecule has 0 aromatic carbocycles. The molecule has 1 saturated carbocycles. The molecule has 2 unspecified atom stereocenters. The van der Waals surface area contributed by atoms with Crippen LogP contribution >= 0.6 is 0 Å². The van der Waals surface area contributed by atoms with Crippen molar-refractivity contribution in [3.05, 3.63) is 0 Å². The Morgan fingerprint density at radius 2 is 2.28 bits per heavy atom. The van der Waals surface area contributed by atoms with E-state index < -0.39 is 0 Å². The molecule has 18 heavy (non-hydrogen) atoms. The van der Waals surface area contributed by atoms with Gasteiger partial charge in [-0.15, -0.1) is 0 Å². The first-order valence-corrected chi connectivity index (χ1v) is 7.27. The number of ether oxygens (including phenoxy) is 1. The van der Waals surface area contributed by atoms with Gasteiger partial charge in [0.15, 0.2) is 0 Å². The Kier molecular flexibility index (Phi) is 5.01. The van der Waals surface area contributed by atoms with Gasteiger partial charge >= 0.3 is 0 Å². The van der Waals surface area contributed by atoms with Gasteiger partial charge in [0.25, 0.3) is 0 Å². The maximum atomic E-state index is 9.35. The Morgan fingerprint density at radius 3 is 2.83 bits per heavy atom. The molecule has 1 aliphatic heterocycles. The summed E-state index contributed by atoms with van der Waals surface area (Å²) in [6.45, 7) is 6.75. The zero-order valence-corrected chi connectivity index (χ0v) is 11.8. The van der Waals surface area contributed by atoms with Crippen molar-refractivity contribution in [3.63, 3.8) is 0 Å². The highest BCUT2D eigenvalue weighted by atomic mass is 16.5. The summed E-state index contributed by atoms with van der Waals surface area (Å²) in [7, 11) is 2.15. The van der Waals surface area contributed by atoms with Gasteiger partial charge < -0.3 is 20.1 Å². The topological polar surface area (TPSA) is 44.7 Å². The molecular weight excluding hydrogens is 228 g/mol. The van der Waals surface area contributed by atoms with E-state index in [9.17, 15) is 5.11 Å². The Hall–Kier alpha value is -0.160. The summed E-state index contributed by atoms with van der Waals surface area (Å²) in [5.41, 5.74) is 0.288. The first-order valence-electron chi connectivity index (χ1n) is 7.27. The number of aliphatic hydroxyl groups excluding tert-OH is 1. The van der Waals surface area contributed by atoms with Crippen LogP contribution < -0.4 is 5.32 Å². The maximum Gasteiger partial charge on any atom is 0.0547 e. The van der Waals surface area contributed by atoms with Gasteiger partial charge in [-0.25, -0.2) is 0 Å². The number of hydrogen-bond donors (Lipinski definition) is 2. The first kappa shape index (κ1) is 14.3. The van der Waals surface area contributed by atoms with Crippen LogP contribution in [0.4, 0.5) is 0 Å².